The summed E-state index contributed by atoms with van der Waals surface area (Å²) < 4.78 is 5.33. The lowest BCUT2D eigenvalue weighted by atomic mass is 10.1. The van der Waals surface area contributed by atoms with E-state index >= 15 is 0 Å². The van der Waals surface area contributed by atoms with Crippen molar-refractivity contribution in [2.75, 3.05) is 6.61 Å². The predicted molar refractivity (Wildman–Crippen MR) is 75.6 cm³/mol. The maximum Gasteiger partial charge on any atom is 0.155 e. The van der Waals surface area contributed by atoms with Gasteiger partial charge in [-0.25, -0.2) is 0 Å². The van der Waals surface area contributed by atoms with Crippen LogP contribution in [-0.2, 0) is 0 Å². The Hall–Kier alpha value is -1.76. The van der Waals surface area contributed by atoms with Crippen molar-refractivity contribution in [1.82, 2.24) is 4.98 Å². The number of hydrogen-bond acceptors (Lipinski definition) is 3. The van der Waals surface area contributed by atoms with Crippen LogP contribution >= 0.6 is 23.2 Å². The summed E-state index contributed by atoms with van der Waals surface area (Å²) in [5, 5.41) is 10.2. The minimum absolute atomic E-state index is 0.429. The lowest BCUT2D eigenvalue weighted by molar-refractivity contribution is 0.338. The summed E-state index contributed by atoms with van der Waals surface area (Å²) in [6.07, 6.45) is 1.53. The zero-order valence-electron chi connectivity index (χ0n) is 10.2. The van der Waals surface area contributed by atoms with Crippen LogP contribution in [0.4, 0.5) is 0 Å². The lowest BCUT2D eigenvalue weighted by Crippen LogP contribution is -1.96. The fourth-order valence-corrected chi connectivity index (χ4v) is 2.15. The molecule has 0 fully saturated rings. The largest absolute Gasteiger partial charge is 0.491 e. The number of nitrogens with zero attached hydrogens (tertiary/aromatic N) is 2. The molecule has 0 atom stereocenters. The molecule has 5 heteroatoms. The molecule has 0 amide bonds. The van der Waals surface area contributed by atoms with E-state index < -0.39 is 0 Å². The molecule has 0 unspecified atom stereocenters. The number of pyridine rings is 1. The molecule has 0 spiro atoms. The zero-order chi connectivity index (χ0) is 13.8. The summed E-state index contributed by atoms with van der Waals surface area (Å²) in [5.41, 5.74) is 1.77. The molecule has 96 valence electrons. The van der Waals surface area contributed by atoms with Crippen molar-refractivity contribution in [2.24, 2.45) is 0 Å². The third-order valence-corrected chi connectivity index (χ3v) is 3.04. The smallest absolute Gasteiger partial charge is 0.155 e. The van der Waals surface area contributed by atoms with Gasteiger partial charge in [0.25, 0.3) is 0 Å². The number of hydrogen-bond donors (Lipinski definition) is 0. The van der Waals surface area contributed by atoms with Crippen LogP contribution in [0.15, 0.2) is 30.5 Å². The second-order valence-corrected chi connectivity index (χ2v) is 4.58. The van der Waals surface area contributed by atoms with E-state index in [2.05, 4.69) is 11.1 Å². The fraction of sp³-hybridized carbons (Fsp3) is 0.143. The molecule has 0 N–H and O–H groups in total. The number of rotatable bonds is 3. The second-order valence-electron chi connectivity index (χ2n) is 3.73. The van der Waals surface area contributed by atoms with Crippen molar-refractivity contribution >= 4 is 23.2 Å². The first-order valence-electron chi connectivity index (χ1n) is 5.64. The first kappa shape index (κ1) is 13.7. The summed E-state index contributed by atoms with van der Waals surface area (Å²) in [5.74, 6) is 0.471. The molecule has 19 heavy (non-hydrogen) atoms. The van der Waals surface area contributed by atoms with Gasteiger partial charge in [-0.05, 0) is 31.2 Å². The van der Waals surface area contributed by atoms with Gasteiger partial charge in [-0.1, -0.05) is 23.2 Å². The van der Waals surface area contributed by atoms with E-state index in [4.69, 9.17) is 33.2 Å². The van der Waals surface area contributed by atoms with E-state index in [-0.39, 0.29) is 0 Å². The van der Waals surface area contributed by atoms with Crippen LogP contribution in [0.25, 0.3) is 11.3 Å². The van der Waals surface area contributed by atoms with Crippen LogP contribution in [0.3, 0.4) is 0 Å². The Kier molecular flexibility index (Phi) is 4.26. The van der Waals surface area contributed by atoms with Crippen LogP contribution in [-0.4, -0.2) is 11.6 Å². The summed E-state index contributed by atoms with van der Waals surface area (Å²) in [6.45, 7) is 2.34. The molecule has 0 aliphatic carbocycles. The Morgan fingerprint density at radius 3 is 2.74 bits per heavy atom. The van der Waals surface area contributed by atoms with Crippen molar-refractivity contribution in [3.8, 4) is 23.1 Å². The van der Waals surface area contributed by atoms with Gasteiger partial charge < -0.3 is 4.74 Å². The normalized spacial score (nSPS) is 10.0. The standard InChI is InChI=1S/C14H10Cl2N2O/c1-2-19-14-8-18-13(5-9(14)7-17)11-4-3-10(15)6-12(11)16/h3-6,8H,2H2,1H3. The molecule has 1 aromatic carbocycles. The molecular formula is C14H10Cl2N2O. The summed E-state index contributed by atoms with van der Waals surface area (Å²) >= 11 is 12.0. The molecule has 2 rings (SSSR count). The van der Waals surface area contributed by atoms with E-state index in [0.717, 1.165) is 5.56 Å². The molecule has 0 aliphatic rings. The first-order chi connectivity index (χ1) is 9.15. The number of benzene rings is 1. The third kappa shape index (κ3) is 2.98. The Balaban J connectivity index is 2.49. The lowest BCUT2D eigenvalue weighted by Gasteiger charge is -2.08. The van der Waals surface area contributed by atoms with Gasteiger partial charge in [0.15, 0.2) is 5.75 Å². The van der Waals surface area contributed by atoms with Gasteiger partial charge in [0.05, 0.1) is 29.1 Å². The van der Waals surface area contributed by atoms with E-state index in [1.165, 1.54) is 6.20 Å². The van der Waals surface area contributed by atoms with Crippen LogP contribution in [0.5, 0.6) is 5.75 Å². The highest BCUT2D eigenvalue weighted by atomic mass is 35.5. The van der Waals surface area contributed by atoms with Gasteiger partial charge in [-0.15, -0.1) is 0 Å². The van der Waals surface area contributed by atoms with Crippen molar-refractivity contribution in [3.05, 3.63) is 46.1 Å². The van der Waals surface area contributed by atoms with Crippen molar-refractivity contribution in [2.45, 2.75) is 6.92 Å². The van der Waals surface area contributed by atoms with Gasteiger partial charge in [-0.2, -0.15) is 5.26 Å². The van der Waals surface area contributed by atoms with Crippen LogP contribution < -0.4 is 4.74 Å². The molecule has 0 radical (unpaired) electrons. The molecule has 1 heterocycles. The molecule has 1 aromatic heterocycles. The summed E-state index contributed by atoms with van der Waals surface area (Å²) in [4.78, 5) is 4.26. The van der Waals surface area contributed by atoms with Crippen molar-refractivity contribution in [3.63, 3.8) is 0 Å². The number of aromatic nitrogens is 1. The Labute approximate surface area is 121 Å². The molecule has 0 saturated heterocycles. The second kappa shape index (κ2) is 5.92. The first-order valence-corrected chi connectivity index (χ1v) is 6.39. The average molecular weight is 293 g/mol. The highest BCUT2D eigenvalue weighted by molar-refractivity contribution is 6.36. The third-order valence-electron chi connectivity index (χ3n) is 2.49. The Morgan fingerprint density at radius 2 is 2.11 bits per heavy atom. The molecule has 0 saturated carbocycles. The monoisotopic (exact) mass is 292 g/mol. The van der Waals surface area contributed by atoms with E-state index in [0.29, 0.717) is 33.7 Å². The highest BCUT2D eigenvalue weighted by Crippen LogP contribution is 2.31. The maximum atomic E-state index is 9.12. The molecular weight excluding hydrogens is 283 g/mol. The van der Waals surface area contributed by atoms with E-state index in [1.54, 1.807) is 24.3 Å². The fourth-order valence-electron chi connectivity index (χ4n) is 1.65. The topological polar surface area (TPSA) is 45.9 Å². The maximum absolute atomic E-state index is 9.12. The molecule has 0 bridgehead atoms. The number of ether oxygens (including phenoxy) is 1. The Bertz CT molecular complexity index is 650. The van der Waals surface area contributed by atoms with Gasteiger partial charge in [0.1, 0.15) is 6.07 Å². The van der Waals surface area contributed by atoms with Gasteiger partial charge in [0, 0.05) is 10.6 Å². The molecule has 0 aliphatic heterocycles. The summed E-state index contributed by atoms with van der Waals surface area (Å²) in [6, 6.07) is 8.88. The van der Waals surface area contributed by atoms with Gasteiger partial charge in [0.2, 0.25) is 0 Å². The van der Waals surface area contributed by atoms with Crippen molar-refractivity contribution in [1.29, 1.82) is 5.26 Å². The molecule has 2 aromatic rings. The zero-order valence-corrected chi connectivity index (χ0v) is 11.7. The van der Waals surface area contributed by atoms with Crippen molar-refractivity contribution < 1.29 is 4.74 Å². The van der Waals surface area contributed by atoms with E-state index in [9.17, 15) is 0 Å². The SMILES string of the molecule is CCOc1cnc(-c2ccc(Cl)cc2Cl)cc1C#N. The highest BCUT2D eigenvalue weighted by Gasteiger charge is 2.10. The Morgan fingerprint density at radius 1 is 1.32 bits per heavy atom. The van der Waals surface area contributed by atoms with Crippen LogP contribution in [0.1, 0.15) is 12.5 Å². The minimum atomic E-state index is 0.429. The quantitative estimate of drug-likeness (QED) is 0.846. The van der Waals surface area contributed by atoms with Crippen LogP contribution in [0.2, 0.25) is 10.0 Å². The number of nitriles is 1. The average Bonchev–Trinajstić information content (AvgIpc) is 2.40. The molecule has 3 nitrogen and oxygen atoms in total. The van der Waals surface area contributed by atoms with E-state index in [1.807, 2.05) is 6.92 Å². The van der Waals surface area contributed by atoms with Gasteiger partial charge >= 0.3 is 0 Å². The van der Waals surface area contributed by atoms with Crippen LogP contribution in [0, 0.1) is 11.3 Å². The number of halogens is 2. The minimum Gasteiger partial charge on any atom is -0.491 e. The van der Waals surface area contributed by atoms with Gasteiger partial charge in [-0.3, -0.25) is 4.98 Å². The summed E-state index contributed by atoms with van der Waals surface area (Å²) in [7, 11) is 0. The predicted octanol–water partition coefficient (Wildman–Crippen LogP) is 4.33.